The molecule has 0 unspecified atom stereocenters. The maximum absolute atomic E-state index is 12.7. The third-order valence-electron chi connectivity index (χ3n) is 3.79. The summed E-state index contributed by atoms with van der Waals surface area (Å²) in [5, 5.41) is 8.72. The molecule has 2 heterocycles. The number of hydrogen-bond acceptors (Lipinski definition) is 6. The minimum absolute atomic E-state index is 0.0581. The lowest BCUT2D eigenvalue weighted by Gasteiger charge is -2.08. The Bertz CT molecular complexity index is 1030. The normalized spacial score (nSPS) is 10.4. The molecule has 0 atom stereocenters. The van der Waals surface area contributed by atoms with Crippen molar-refractivity contribution in [1.29, 1.82) is 0 Å². The van der Waals surface area contributed by atoms with Crippen LogP contribution in [0.25, 0.3) is 0 Å². The molecule has 3 rings (SSSR count). The maximum atomic E-state index is 12.7. The highest BCUT2D eigenvalue weighted by atomic mass is 32.1. The van der Waals surface area contributed by atoms with Gasteiger partial charge >= 0.3 is 0 Å². The van der Waals surface area contributed by atoms with Crippen LogP contribution in [-0.2, 0) is 9.53 Å². The van der Waals surface area contributed by atoms with Gasteiger partial charge in [0.15, 0.2) is 5.76 Å². The number of benzene rings is 1. The quantitative estimate of drug-likeness (QED) is 0.547. The van der Waals surface area contributed by atoms with Gasteiger partial charge in [-0.25, -0.2) is 0 Å². The average Bonchev–Trinajstić information content (AvgIpc) is 3.32. The summed E-state index contributed by atoms with van der Waals surface area (Å²) in [6.07, 6.45) is 1.42. The lowest BCUT2D eigenvalue weighted by molar-refractivity contribution is -0.119. The molecule has 0 spiro atoms. The molecule has 0 saturated heterocycles. The van der Waals surface area contributed by atoms with Crippen LogP contribution < -0.4 is 16.0 Å². The van der Waals surface area contributed by atoms with Crippen LogP contribution >= 0.6 is 11.3 Å². The van der Waals surface area contributed by atoms with E-state index in [2.05, 4.69) is 16.0 Å². The zero-order valence-electron chi connectivity index (χ0n) is 15.8. The van der Waals surface area contributed by atoms with Gasteiger partial charge in [0.2, 0.25) is 5.91 Å². The fraction of sp³-hybridized carbons (Fsp3) is 0.150. The smallest absolute Gasteiger partial charge is 0.291 e. The third-order valence-corrected chi connectivity index (χ3v) is 4.94. The zero-order chi connectivity index (χ0) is 20.8. The van der Waals surface area contributed by atoms with E-state index in [4.69, 9.17) is 9.15 Å². The van der Waals surface area contributed by atoms with Crippen molar-refractivity contribution in [1.82, 2.24) is 0 Å². The van der Waals surface area contributed by atoms with Crippen LogP contribution in [-0.4, -0.2) is 31.4 Å². The first-order valence-electron chi connectivity index (χ1n) is 8.61. The number of ether oxygens (including phenoxy) is 1. The van der Waals surface area contributed by atoms with E-state index in [0.717, 1.165) is 16.9 Å². The van der Waals surface area contributed by atoms with Gasteiger partial charge in [0, 0.05) is 18.5 Å². The van der Waals surface area contributed by atoms with Crippen molar-refractivity contribution >= 4 is 45.4 Å². The molecule has 0 bridgehead atoms. The number of anilines is 3. The van der Waals surface area contributed by atoms with E-state index in [1.807, 2.05) is 0 Å². The fourth-order valence-electron chi connectivity index (χ4n) is 2.54. The molecular weight excluding hydrogens is 394 g/mol. The Hall–Kier alpha value is -3.43. The van der Waals surface area contributed by atoms with Crippen molar-refractivity contribution in [2.75, 3.05) is 29.7 Å². The van der Waals surface area contributed by atoms with Gasteiger partial charge < -0.3 is 25.1 Å². The lowest BCUT2D eigenvalue weighted by atomic mass is 10.2. The molecule has 29 heavy (non-hydrogen) atoms. The first kappa shape index (κ1) is 20.3. The number of hydrogen-bond donors (Lipinski definition) is 3. The van der Waals surface area contributed by atoms with Crippen LogP contribution in [0.1, 0.15) is 25.8 Å². The Morgan fingerprint density at radius 2 is 1.76 bits per heavy atom. The monoisotopic (exact) mass is 413 g/mol. The predicted octanol–water partition coefficient (Wildman–Crippen LogP) is 3.74. The number of carbonyl (C=O) groups is 3. The Balaban J connectivity index is 1.67. The van der Waals surface area contributed by atoms with Crippen molar-refractivity contribution in [3.63, 3.8) is 0 Å². The minimum Gasteiger partial charge on any atom is -0.459 e. The molecule has 2 aromatic heterocycles. The Labute approximate surface area is 170 Å². The van der Waals surface area contributed by atoms with Gasteiger partial charge in [0.05, 0.1) is 16.1 Å². The number of thiophene rings is 1. The fourth-order valence-corrected chi connectivity index (χ4v) is 3.50. The molecule has 0 saturated carbocycles. The molecule has 0 fully saturated rings. The average molecular weight is 413 g/mol. The van der Waals surface area contributed by atoms with Crippen molar-refractivity contribution in [2.45, 2.75) is 6.92 Å². The topological polar surface area (TPSA) is 110 Å². The molecule has 0 radical (unpaired) electrons. The summed E-state index contributed by atoms with van der Waals surface area (Å²) in [4.78, 5) is 36.8. The summed E-state index contributed by atoms with van der Waals surface area (Å²) in [6.45, 7) is 1.73. The number of rotatable bonds is 7. The molecule has 8 nitrogen and oxygen atoms in total. The van der Waals surface area contributed by atoms with Gasteiger partial charge in [-0.15, -0.1) is 11.3 Å². The summed E-state index contributed by atoms with van der Waals surface area (Å²) >= 11 is 1.16. The first-order valence-corrected chi connectivity index (χ1v) is 9.43. The second kappa shape index (κ2) is 9.18. The summed E-state index contributed by atoms with van der Waals surface area (Å²) < 4.78 is 9.84. The molecule has 1 aromatic carbocycles. The van der Waals surface area contributed by atoms with Gasteiger partial charge in [-0.05, 0) is 48.9 Å². The van der Waals surface area contributed by atoms with Gasteiger partial charge in [-0.1, -0.05) is 6.07 Å². The molecule has 3 N–H and O–H groups in total. The molecule has 0 aliphatic carbocycles. The number of amides is 3. The Morgan fingerprint density at radius 3 is 2.45 bits per heavy atom. The number of furan rings is 1. The van der Waals surface area contributed by atoms with Crippen molar-refractivity contribution in [3.05, 3.63) is 64.9 Å². The molecule has 0 aliphatic heterocycles. The lowest BCUT2D eigenvalue weighted by Crippen LogP contribution is -2.17. The number of nitrogens with one attached hydrogen (secondary N) is 3. The summed E-state index contributed by atoms with van der Waals surface area (Å²) in [5.74, 6) is -0.800. The van der Waals surface area contributed by atoms with E-state index in [0.29, 0.717) is 21.3 Å². The molecule has 0 aliphatic rings. The van der Waals surface area contributed by atoms with Crippen molar-refractivity contribution in [2.24, 2.45) is 0 Å². The summed E-state index contributed by atoms with van der Waals surface area (Å²) in [7, 11) is 1.44. The molecule has 150 valence electrons. The third kappa shape index (κ3) is 5.31. The number of aryl methyl sites for hydroxylation is 1. The van der Waals surface area contributed by atoms with E-state index in [1.165, 1.54) is 13.4 Å². The van der Waals surface area contributed by atoms with Gasteiger partial charge in [0.25, 0.3) is 11.8 Å². The van der Waals surface area contributed by atoms with Gasteiger partial charge in [-0.3, -0.25) is 14.4 Å². The van der Waals surface area contributed by atoms with E-state index in [9.17, 15) is 14.4 Å². The van der Waals surface area contributed by atoms with Crippen LogP contribution in [0.2, 0.25) is 0 Å². The van der Waals surface area contributed by atoms with Crippen LogP contribution in [0.15, 0.2) is 53.1 Å². The van der Waals surface area contributed by atoms with Crippen molar-refractivity contribution < 1.29 is 23.5 Å². The van der Waals surface area contributed by atoms with Crippen LogP contribution in [0.3, 0.4) is 0 Å². The van der Waals surface area contributed by atoms with E-state index < -0.39 is 0 Å². The highest BCUT2D eigenvalue weighted by Crippen LogP contribution is 2.28. The molecule has 3 aromatic rings. The second-order valence-electron chi connectivity index (χ2n) is 6.07. The summed E-state index contributed by atoms with van der Waals surface area (Å²) in [6, 6.07) is 11.7. The zero-order valence-corrected chi connectivity index (χ0v) is 16.6. The minimum atomic E-state index is -0.386. The van der Waals surface area contributed by atoms with E-state index in [-0.39, 0.29) is 30.1 Å². The number of methoxy groups -OCH3 is 1. The van der Waals surface area contributed by atoms with Crippen LogP contribution in [0.5, 0.6) is 0 Å². The highest BCUT2D eigenvalue weighted by Gasteiger charge is 2.17. The van der Waals surface area contributed by atoms with Crippen molar-refractivity contribution in [3.8, 4) is 0 Å². The molecule has 3 amide bonds. The Morgan fingerprint density at radius 1 is 1.00 bits per heavy atom. The standard InChI is InChI=1S/C20H19N3O5S/c1-12-9-17(23-19(25)15-7-4-8-28-15)29-18(12)20(26)22-14-6-3-5-13(10-14)21-16(24)11-27-2/h3-10H,11H2,1-2H3,(H,21,24)(H,22,26)(H,23,25). The number of carbonyl (C=O) groups excluding carboxylic acids is 3. The van der Waals surface area contributed by atoms with Crippen LogP contribution in [0.4, 0.5) is 16.4 Å². The van der Waals surface area contributed by atoms with Gasteiger partial charge in [-0.2, -0.15) is 0 Å². The summed E-state index contributed by atoms with van der Waals surface area (Å²) in [5.41, 5.74) is 1.80. The Kier molecular flexibility index (Phi) is 6.43. The molecule has 9 heteroatoms. The van der Waals surface area contributed by atoms with E-state index >= 15 is 0 Å². The predicted molar refractivity (Wildman–Crippen MR) is 111 cm³/mol. The highest BCUT2D eigenvalue weighted by molar-refractivity contribution is 7.18. The van der Waals surface area contributed by atoms with Gasteiger partial charge in [0.1, 0.15) is 6.61 Å². The van der Waals surface area contributed by atoms with Crippen LogP contribution in [0, 0.1) is 6.92 Å². The maximum Gasteiger partial charge on any atom is 0.291 e. The SMILES string of the molecule is COCC(=O)Nc1cccc(NC(=O)c2sc(NC(=O)c3ccco3)cc2C)c1. The molecular formula is C20H19N3O5S. The second-order valence-corrected chi connectivity index (χ2v) is 7.12. The first-order chi connectivity index (χ1) is 14.0. The van der Waals surface area contributed by atoms with E-state index in [1.54, 1.807) is 49.4 Å². The largest absolute Gasteiger partial charge is 0.459 e.